The van der Waals surface area contributed by atoms with Gasteiger partial charge in [-0.05, 0) is 34.1 Å². The fraction of sp³-hybridized carbons (Fsp3) is 0.227. The third kappa shape index (κ3) is 3.38. The molecule has 1 saturated heterocycles. The number of anilines is 1. The normalized spacial score (nSPS) is 15.2. The van der Waals surface area contributed by atoms with Crippen LogP contribution in [0, 0.1) is 0 Å². The molecule has 0 amide bonds. The number of fused-ring (bicyclic) bond motifs is 3. The number of halogens is 1. The van der Waals surface area contributed by atoms with Crippen molar-refractivity contribution in [1.82, 2.24) is 9.97 Å². The molecule has 8 heteroatoms. The molecule has 0 saturated carbocycles. The van der Waals surface area contributed by atoms with Gasteiger partial charge >= 0.3 is 0 Å². The van der Waals surface area contributed by atoms with Crippen molar-refractivity contribution in [3.63, 3.8) is 0 Å². The molecule has 4 aromatic rings. The number of nitrogens with zero attached hydrogens (tertiary/aromatic N) is 2. The third-order valence-corrected chi connectivity index (χ3v) is 7.86. The summed E-state index contributed by atoms with van der Waals surface area (Å²) in [6.07, 6.45) is 0. The van der Waals surface area contributed by atoms with Crippen LogP contribution in [0.25, 0.3) is 21.9 Å². The maximum Gasteiger partial charge on any atom is 0.184 e. The molecule has 0 bridgehead atoms. The van der Waals surface area contributed by atoms with Crippen molar-refractivity contribution in [1.29, 1.82) is 0 Å². The van der Waals surface area contributed by atoms with E-state index in [4.69, 9.17) is 9.72 Å². The molecular weight excluding hydrogens is 466 g/mol. The zero-order valence-corrected chi connectivity index (χ0v) is 18.5. The van der Waals surface area contributed by atoms with E-state index in [-0.39, 0.29) is 5.75 Å². The van der Waals surface area contributed by atoms with E-state index in [0.717, 1.165) is 39.5 Å². The van der Waals surface area contributed by atoms with E-state index >= 15 is 0 Å². The lowest BCUT2D eigenvalue weighted by atomic mass is 10.1. The van der Waals surface area contributed by atoms with Gasteiger partial charge in [-0.15, -0.1) is 0 Å². The highest BCUT2D eigenvalue weighted by Crippen LogP contribution is 2.41. The Bertz CT molecular complexity index is 1330. The standard InChI is InChI=1S/C22H20BrN3O3S/c23-20-18(14-30(27,28)15-6-2-1-3-7-15)25-22-19(16-8-4-5-9-17(16)24-22)21(20)26-10-12-29-13-11-26/h1-9H,10-14H2,(H,24,25). The molecule has 1 N–H and O–H groups in total. The number of aromatic amines is 1. The maximum atomic E-state index is 13.0. The van der Waals surface area contributed by atoms with Crippen LogP contribution in [0.3, 0.4) is 0 Å². The molecule has 3 heterocycles. The maximum absolute atomic E-state index is 13.0. The molecule has 1 fully saturated rings. The van der Waals surface area contributed by atoms with Gasteiger partial charge in [-0.25, -0.2) is 13.4 Å². The topological polar surface area (TPSA) is 75.3 Å². The van der Waals surface area contributed by atoms with Gasteiger partial charge in [0, 0.05) is 24.0 Å². The number of H-pyrrole nitrogens is 1. The van der Waals surface area contributed by atoms with Crippen molar-refractivity contribution >= 4 is 53.4 Å². The second-order valence-corrected chi connectivity index (χ2v) is 10.1. The Hall–Kier alpha value is -2.42. The van der Waals surface area contributed by atoms with E-state index in [0.29, 0.717) is 29.5 Å². The van der Waals surface area contributed by atoms with E-state index < -0.39 is 9.84 Å². The fourth-order valence-electron chi connectivity index (χ4n) is 3.95. The van der Waals surface area contributed by atoms with E-state index in [2.05, 4.69) is 31.9 Å². The number of para-hydroxylation sites is 1. The highest BCUT2D eigenvalue weighted by atomic mass is 79.9. The number of ether oxygens (including phenoxy) is 1. The molecule has 2 aromatic carbocycles. The SMILES string of the molecule is O=S(=O)(Cc1nc2[nH]c3ccccc3c2c(N2CCOCC2)c1Br)c1ccccc1. The molecule has 2 aromatic heterocycles. The monoisotopic (exact) mass is 485 g/mol. The van der Waals surface area contributed by atoms with Gasteiger partial charge in [0.05, 0.1) is 45.1 Å². The molecule has 5 rings (SSSR count). The van der Waals surface area contributed by atoms with Crippen molar-refractivity contribution in [3.8, 4) is 0 Å². The smallest absolute Gasteiger partial charge is 0.184 e. The summed E-state index contributed by atoms with van der Waals surface area (Å²) in [5.41, 5.74) is 3.14. The van der Waals surface area contributed by atoms with Crippen LogP contribution in [0.1, 0.15) is 5.69 Å². The van der Waals surface area contributed by atoms with Crippen LogP contribution in [0.5, 0.6) is 0 Å². The zero-order chi connectivity index (χ0) is 20.7. The number of nitrogens with one attached hydrogen (secondary N) is 1. The zero-order valence-electron chi connectivity index (χ0n) is 16.1. The van der Waals surface area contributed by atoms with E-state index in [1.807, 2.05) is 18.2 Å². The van der Waals surface area contributed by atoms with E-state index in [1.54, 1.807) is 30.3 Å². The van der Waals surface area contributed by atoms with Crippen LogP contribution in [0.4, 0.5) is 5.69 Å². The molecule has 154 valence electrons. The van der Waals surface area contributed by atoms with Gasteiger partial charge in [0.25, 0.3) is 0 Å². The molecule has 0 aliphatic carbocycles. The first-order chi connectivity index (χ1) is 14.5. The Balaban J connectivity index is 1.71. The number of aromatic nitrogens is 2. The minimum absolute atomic E-state index is 0.180. The summed E-state index contributed by atoms with van der Waals surface area (Å²) in [6.45, 7) is 2.75. The third-order valence-electron chi connectivity index (χ3n) is 5.39. The van der Waals surface area contributed by atoms with Crippen molar-refractivity contribution in [2.45, 2.75) is 10.6 Å². The minimum Gasteiger partial charge on any atom is -0.378 e. The molecule has 1 aliphatic rings. The lowest BCUT2D eigenvalue weighted by Gasteiger charge is -2.31. The molecule has 6 nitrogen and oxygen atoms in total. The second kappa shape index (κ2) is 7.68. The lowest BCUT2D eigenvalue weighted by molar-refractivity contribution is 0.123. The van der Waals surface area contributed by atoms with Gasteiger partial charge in [-0.3, -0.25) is 0 Å². The summed E-state index contributed by atoms with van der Waals surface area (Å²) in [4.78, 5) is 10.6. The highest BCUT2D eigenvalue weighted by molar-refractivity contribution is 9.10. The summed E-state index contributed by atoms with van der Waals surface area (Å²) in [5, 5.41) is 2.07. The number of benzene rings is 2. The number of rotatable bonds is 4. The van der Waals surface area contributed by atoms with Crippen molar-refractivity contribution in [2.75, 3.05) is 31.2 Å². The van der Waals surface area contributed by atoms with Gasteiger partial charge in [0.15, 0.2) is 9.84 Å². The Labute approximate surface area is 182 Å². The number of morpholine rings is 1. The Morgan fingerprint density at radius 1 is 1.03 bits per heavy atom. The van der Waals surface area contributed by atoms with E-state index in [1.165, 1.54) is 0 Å². The summed E-state index contributed by atoms with van der Waals surface area (Å²) in [7, 11) is -3.53. The predicted molar refractivity (Wildman–Crippen MR) is 122 cm³/mol. The average Bonchev–Trinajstić information content (AvgIpc) is 3.13. The number of hydrogen-bond donors (Lipinski definition) is 1. The first kappa shape index (κ1) is 19.5. The Kier molecular flexibility index (Phi) is 5.00. The van der Waals surface area contributed by atoms with Crippen molar-refractivity contribution in [2.24, 2.45) is 0 Å². The van der Waals surface area contributed by atoms with Crippen LogP contribution in [-0.2, 0) is 20.3 Å². The fourth-order valence-corrected chi connectivity index (χ4v) is 6.12. The summed E-state index contributed by atoms with van der Waals surface area (Å²) in [5.74, 6) is -0.180. The second-order valence-electron chi connectivity index (χ2n) is 7.29. The van der Waals surface area contributed by atoms with E-state index in [9.17, 15) is 8.42 Å². The minimum atomic E-state index is -3.53. The van der Waals surface area contributed by atoms with Crippen LogP contribution in [0.2, 0.25) is 0 Å². The summed E-state index contributed by atoms with van der Waals surface area (Å²) >= 11 is 3.71. The molecule has 0 radical (unpaired) electrons. The van der Waals surface area contributed by atoms with Crippen molar-refractivity contribution < 1.29 is 13.2 Å². The van der Waals surface area contributed by atoms with Crippen LogP contribution in [0.15, 0.2) is 64.0 Å². The molecule has 0 unspecified atom stereocenters. The van der Waals surface area contributed by atoms with Gasteiger partial charge < -0.3 is 14.6 Å². The first-order valence-corrected chi connectivity index (χ1v) is 12.2. The molecular formula is C22H20BrN3O3S. The lowest BCUT2D eigenvalue weighted by Crippen LogP contribution is -2.36. The number of pyridine rings is 1. The van der Waals surface area contributed by atoms with Gasteiger partial charge in [-0.2, -0.15) is 0 Å². The van der Waals surface area contributed by atoms with Crippen LogP contribution >= 0.6 is 15.9 Å². The molecule has 1 aliphatic heterocycles. The van der Waals surface area contributed by atoms with Crippen LogP contribution < -0.4 is 4.90 Å². The van der Waals surface area contributed by atoms with Gasteiger partial charge in [0.1, 0.15) is 5.65 Å². The van der Waals surface area contributed by atoms with Crippen LogP contribution in [-0.4, -0.2) is 44.7 Å². The molecule has 0 atom stereocenters. The molecule has 0 spiro atoms. The highest BCUT2D eigenvalue weighted by Gasteiger charge is 2.26. The Morgan fingerprint density at radius 3 is 2.50 bits per heavy atom. The summed E-state index contributed by atoms with van der Waals surface area (Å²) in [6, 6.07) is 16.6. The van der Waals surface area contributed by atoms with Crippen molar-refractivity contribution in [3.05, 3.63) is 64.8 Å². The summed E-state index contributed by atoms with van der Waals surface area (Å²) < 4.78 is 32.3. The number of sulfone groups is 1. The largest absolute Gasteiger partial charge is 0.378 e. The number of hydrogen-bond acceptors (Lipinski definition) is 5. The van der Waals surface area contributed by atoms with Gasteiger partial charge in [-0.1, -0.05) is 36.4 Å². The first-order valence-electron chi connectivity index (χ1n) is 9.74. The quantitative estimate of drug-likeness (QED) is 0.466. The van der Waals surface area contributed by atoms with Gasteiger partial charge in [0.2, 0.25) is 0 Å². The predicted octanol–water partition coefficient (Wildman–Crippen LogP) is 4.29. The Morgan fingerprint density at radius 2 is 1.73 bits per heavy atom. The molecule has 30 heavy (non-hydrogen) atoms. The average molecular weight is 486 g/mol.